The Morgan fingerprint density at radius 1 is 1.50 bits per heavy atom. The molecule has 6 nitrogen and oxygen atoms in total. The van der Waals surface area contributed by atoms with E-state index in [4.69, 9.17) is 15.7 Å². The lowest BCUT2D eigenvalue weighted by Crippen LogP contribution is -2.38. The number of oxime groups is 1. The molecule has 0 aliphatic heterocycles. The molecule has 1 unspecified atom stereocenters. The molecule has 1 amide bonds. The number of nitrogens with zero attached hydrogens (tertiary/aromatic N) is 1. The molecule has 1 rings (SSSR count). The predicted octanol–water partition coefficient (Wildman–Crippen LogP) is 2.41. The largest absolute Gasteiger partial charge is 0.497 e. The molecule has 4 N–H and O–H groups in total. The number of benzene rings is 1. The number of rotatable bonds is 5. The highest BCUT2D eigenvalue weighted by Gasteiger charge is 2.27. The molecule has 0 aromatic heterocycles. The maximum Gasteiger partial charge on any atom is 0.235 e. The Kier molecular flexibility index (Phi) is 5.82. The van der Waals surface area contributed by atoms with Crippen LogP contribution in [0.5, 0.6) is 5.75 Å². The van der Waals surface area contributed by atoms with Gasteiger partial charge in [-0.05, 0) is 34.0 Å². The van der Waals surface area contributed by atoms with Gasteiger partial charge in [-0.2, -0.15) is 0 Å². The zero-order valence-corrected chi connectivity index (χ0v) is 13.1. The predicted molar refractivity (Wildman–Crippen MR) is 81.1 cm³/mol. The van der Waals surface area contributed by atoms with Crippen molar-refractivity contribution in [1.29, 1.82) is 0 Å². The summed E-state index contributed by atoms with van der Waals surface area (Å²) in [7, 11) is 1.54. The summed E-state index contributed by atoms with van der Waals surface area (Å²) in [5, 5.41) is 14.4. The SMILES string of the molecule is COc1ccc(Br)c(NC(=O)C(C(N)=NO)C(C)C)c1. The third-order valence-corrected chi connectivity index (χ3v) is 3.51. The van der Waals surface area contributed by atoms with Crippen molar-refractivity contribution < 1.29 is 14.7 Å². The number of anilines is 1. The Morgan fingerprint density at radius 3 is 2.65 bits per heavy atom. The van der Waals surface area contributed by atoms with E-state index in [9.17, 15) is 4.79 Å². The summed E-state index contributed by atoms with van der Waals surface area (Å²) < 4.78 is 5.82. The van der Waals surface area contributed by atoms with Crippen molar-refractivity contribution in [1.82, 2.24) is 0 Å². The average molecular weight is 344 g/mol. The third kappa shape index (κ3) is 3.86. The first kappa shape index (κ1) is 16.3. The van der Waals surface area contributed by atoms with Gasteiger partial charge in [0.1, 0.15) is 11.7 Å². The molecule has 20 heavy (non-hydrogen) atoms. The summed E-state index contributed by atoms with van der Waals surface area (Å²) in [6.07, 6.45) is 0. The number of halogens is 1. The highest BCUT2D eigenvalue weighted by atomic mass is 79.9. The molecule has 7 heteroatoms. The van der Waals surface area contributed by atoms with Crippen LogP contribution in [0.25, 0.3) is 0 Å². The van der Waals surface area contributed by atoms with Crippen LogP contribution in [0.3, 0.4) is 0 Å². The van der Waals surface area contributed by atoms with Crippen molar-refractivity contribution in [2.24, 2.45) is 22.7 Å². The fraction of sp³-hybridized carbons (Fsp3) is 0.385. The first-order valence-corrected chi connectivity index (χ1v) is 6.81. The number of carbonyl (C=O) groups excluding carboxylic acids is 1. The van der Waals surface area contributed by atoms with Crippen LogP contribution in [0.4, 0.5) is 5.69 Å². The maximum atomic E-state index is 12.3. The van der Waals surface area contributed by atoms with Crippen LogP contribution in [0, 0.1) is 11.8 Å². The van der Waals surface area contributed by atoms with E-state index in [0.717, 1.165) is 0 Å². The van der Waals surface area contributed by atoms with Gasteiger partial charge in [0.05, 0.1) is 12.8 Å². The number of ether oxygens (including phenoxy) is 1. The lowest BCUT2D eigenvalue weighted by molar-refractivity contribution is -0.119. The van der Waals surface area contributed by atoms with Crippen LogP contribution in [-0.2, 0) is 4.79 Å². The van der Waals surface area contributed by atoms with Crippen LogP contribution in [-0.4, -0.2) is 24.1 Å². The van der Waals surface area contributed by atoms with E-state index in [-0.39, 0.29) is 17.7 Å². The van der Waals surface area contributed by atoms with E-state index in [1.165, 1.54) is 0 Å². The van der Waals surface area contributed by atoms with Gasteiger partial charge in [0.25, 0.3) is 0 Å². The molecular formula is C13H18BrN3O3. The minimum absolute atomic E-state index is 0.102. The lowest BCUT2D eigenvalue weighted by Gasteiger charge is -2.19. The molecule has 0 saturated carbocycles. The lowest BCUT2D eigenvalue weighted by atomic mass is 9.94. The van der Waals surface area contributed by atoms with Crippen molar-refractivity contribution >= 4 is 33.4 Å². The number of carbonyl (C=O) groups is 1. The second-order valence-electron chi connectivity index (χ2n) is 4.58. The number of amidine groups is 1. The Hall–Kier alpha value is -1.76. The van der Waals surface area contributed by atoms with E-state index in [2.05, 4.69) is 26.4 Å². The van der Waals surface area contributed by atoms with Crippen LogP contribution < -0.4 is 15.8 Å². The zero-order valence-electron chi connectivity index (χ0n) is 11.6. The zero-order chi connectivity index (χ0) is 15.3. The van der Waals surface area contributed by atoms with E-state index < -0.39 is 5.92 Å². The monoisotopic (exact) mass is 343 g/mol. The van der Waals surface area contributed by atoms with Crippen molar-refractivity contribution in [3.8, 4) is 5.75 Å². The van der Waals surface area contributed by atoms with Gasteiger partial charge in [-0.25, -0.2) is 0 Å². The van der Waals surface area contributed by atoms with Gasteiger partial charge in [-0.1, -0.05) is 19.0 Å². The van der Waals surface area contributed by atoms with Crippen molar-refractivity contribution in [3.05, 3.63) is 22.7 Å². The van der Waals surface area contributed by atoms with E-state index in [1.807, 2.05) is 13.8 Å². The van der Waals surface area contributed by atoms with Crippen molar-refractivity contribution in [2.45, 2.75) is 13.8 Å². The number of nitrogens with one attached hydrogen (secondary N) is 1. The van der Waals surface area contributed by atoms with Crippen LogP contribution in [0.2, 0.25) is 0 Å². The molecule has 1 aromatic carbocycles. The molecule has 1 atom stereocenters. The van der Waals surface area contributed by atoms with Crippen LogP contribution in [0.15, 0.2) is 27.8 Å². The topological polar surface area (TPSA) is 96.9 Å². The van der Waals surface area contributed by atoms with E-state index in [1.54, 1.807) is 25.3 Å². The maximum absolute atomic E-state index is 12.3. The number of hydrogen-bond acceptors (Lipinski definition) is 4. The third-order valence-electron chi connectivity index (χ3n) is 2.81. The minimum Gasteiger partial charge on any atom is -0.497 e. The van der Waals surface area contributed by atoms with Gasteiger partial charge < -0.3 is 21.0 Å². The van der Waals surface area contributed by atoms with E-state index >= 15 is 0 Å². The molecule has 0 radical (unpaired) electrons. The van der Waals surface area contributed by atoms with Gasteiger partial charge in [0.2, 0.25) is 5.91 Å². The van der Waals surface area contributed by atoms with Crippen molar-refractivity contribution in [2.75, 3.05) is 12.4 Å². The smallest absolute Gasteiger partial charge is 0.235 e. The van der Waals surface area contributed by atoms with Gasteiger partial charge in [0.15, 0.2) is 5.84 Å². The second-order valence-corrected chi connectivity index (χ2v) is 5.44. The number of amides is 1. The standard InChI is InChI=1S/C13H18BrN3O3/c1-7(2)11(12(15)17-19)13(18)16-10-6-8(20-3)4-5-9(10)14/h4-7,11,19H,1-3H3,(H2,15,17)(H,16,18). The molecule has 0 aliphatic rings. The summed E-state index contributed by atoms with van der Waals surface area (Å²) in [6, 6.07) is 5.22. The molecule has 1 aromatic rings. The Bertz CT molecular complexity index is 518. The summed E-state index contributed by atoms with van der Waals surface area (Å²) >= 11 is 3.35. The summed E-state index contributed by atoms with van der Waals surface area (Å²) in [5.74, 6) is -0.650. The fourth-order valence-corrected chi connectivity index (χ4v) is 2.12. The Labute approximate surface area is 126 Å². The first-order valence-electron chi connectivity index (χ1n) is 6.02. The second kappa shape index (κ2) is 7.14. The van der Waals surface area contributed by atoms with E-state index in [0.29, 0.717) is 15.9 Å². The number of nitrogens with two attached hydrogens (primary N) is 1. The van der Waals surface area contributed by atoms with Gasteiger partial charge in [-0.3, -0.25) is 4.79 Å². The van der Waals surface area contributed by atoms with Gasteiger partial charge >= 0.3 is 0 Å². The molecule has 0 saturated heterocycles. The highest BCUT2D eigenvalue weighted by molar-refractivity contribution is 9.10. The Morgan fingerprint density at radius 2 is 2.15 bits per heavy atom. The average Bonchev–Trinajstić information content (AvgIpc) is 2.40. The highest BCUT2D eigenvalue weighted by Crippen LogP contribution is 2.28. The molecule has 110 valence electrons. The first-order chi connectivity index (χ1) is 9.40. The fourth-order valence-electron chi connectivity index (χ4n) is 1.78. The molecule has 0 aliphatic carbocycles. The quantitative estimate of drug-likeness (QED) is 0.331. The number of methoxy groups -OCH3 is 1. The van der Waals surface area contributed by atoms with Crippen LogP contribution >= 0.6 is 15.9 Å². The summed E-state index contributed by atoms with van der Waals surface area (Å²) in [6.45, 7) is 3.64. The van der Waals surface area contributed by atoms with Crippen LogP contribution in [0.1, 0.15) is 13.8 Å². The molecule has 0 bridgehead atoms. The summed E-state index contributed by atoms with van der Waals surface area (Å²) in [5.41, 5.74) is 6.13. The van der Waals surface area contributed by atoms with Crippen molar-refractivity contribution in [3.63, 3.8) is 0 Å². The summed E-state index contributed by atoms with van der Waals surface area (Å²) in [4.78, 5) is 12.3. The molecule has 0 heterocycles. The Balaban J connectivity index is 2.99. The molecule has 0 fully saturated rings. The molecule has 0 spiro atoms. The molecular weight excluding hydrogens is 326 g/mol. The normalized spacial score (nSPS) is 13.2. The van der Waals surface area contributed by atoms with Gasteiger partial charge in [-0.15, -0.1) is 0 Å². The number of hydrogen-bond donors (Lipinski definition) is 3. The van der Waals surface area contributed by atoms with Gasteiger partial charge in [0, 0.05) is 10.5 Å². The minimum atomic E-state index is -0.710.